The number of aromatic nitrogens is 2. The Balaban J connectivity index is 2.82. The van der Waals surface area contributed by atoms with E-state index < -0.39 is 0 Å². The van der Waals surface area contributed by atoms with Gasteiger partial charge in [0, 0.05) is 18.3 Å². The number of nitrogens with one attached hydrogen (secondary N) is 1. The van der Waals surface area contributed by atoms with Crippen molar-refractivity contribution < 1.29 is 0 Å². The van der Waals surface area contributed by atoms with Crippen LogP contribution in [0, 0.1) is 0 Å². The third kappa shape index (κ3) is 4.14. The zero-order valence-corrected chi connectivity index (χ0v) is 10.7. The van der Waals surface area contributed by atoms with Gasteiger partial charge in [-0.25, -0.2) is 9.97 Å². The molecule has 0 aliphatic rings. The summed E-state index contributed by atoms with van der Waals surface area (Å²) in [7, 11) is 4.06. The van der Waals surface area contributed by atoms with Crippen molar-refractivity contribution in [3.8, 4) is 0 Å². The van der Waals surface area contributed by atoms with E-state index in [2.05, 4.69) is 34.0 Å². The summed E-state index contributed by atoms with van der Waals surface area (Å²) in [6.07, 6.45) is 2.05. The second kappa shape index (κ2) is 6.43. The lowest BCUT2D eigenvalue weighted by molar-refractivity contribution is 0.390. The quantitative estimate of drug-likeness (QED) is 0.798. The topological polar surface area (TPSA) is 41.1 Å². The van der Waals surface area contributed by atoms with E-state index in [1.807, 2.05) is 20.2 Å². The van der Waals surface area contributed by atoms with Gasteiger partial charge in [0.1, 0.15) is 11.6 Å². The molecule has 0 aromatic carbocycles. The highest BCUT2D eigenvalue weighted by Gasteiger charge is 2.04. The third-order valence-electron chi connectivity index (χ3n) is 2.20. The van der Waals surface area contributed by atoms with E-state index in [1.54, 1.807) is 0 Å². The number of aryl methyl sites for hydroxylation is 1. The van der Waals surface area contributed by atoms with Crippen LogP contribution in [0.25, 0.3) is 0 Å². The highest BCUT2D eigenvalue weighted by Crippen LogP contribution is 2.08. The Labute approximate surface area is 98.1 Å². The van der Waals surface area contributed by atoms with Gasteiger partial charge in [-0.2, -0.15) is 0 Å². The molecule has 4 nitrogen and oxygen atoms in total. The van der Waals surface area contributed by atoms with Crippen LogP contribution in [0.3, 0.4) is 0 Å². The van der Waals surface area contributed by atoms with Crippen LogP contribution in [0.1, 0.15) is 31.8 Å². The second-order valence-electron chi connectivity index (χ2n) is 4.18. The molecule has 0 aliphatic carbocycles. The van der Waals surface area contributed by atoms with Gasteiger partial charge < -0.3 is 10.2 Å². The molecule has 0 bridgehead atoms. The third-order valence-corrected chi connectivity index (χ3v) is 2.20. The predicted molar refractivity (Wildman–Crippen MR) is 67.6 cm³/mol. The zero-order valence-electron chi connectivity index (χ0n) is 10.7. The summed E-state index contributed by atoms with van der Waals surface area (Å²) < 4.78 is 0. The number of rotatable bonds is 6. The number of hydrogen-bond acceptors (Lipinski definition) is 4. The predicted octanol–water partition coefficient (Wildman–Crippen LogP) is 1.92. The first-order valence-electron chi connectivity index (χ1n) is 5.91. The Morgan fingerprint density at radius 3 is 2.56 bits per heavy atom. The summed E-state index contributed by atoms with van der Waals surface area (Å²) in [5.74, 6) is 1.84. The lowest BCUT2D eigenvalue weighted by Gasteiger charge is -2.11. The molecule has 0 radical (unpaired) electrons. The standard InChI is InChI=1S/C12H22N4/c1-5-7-13-11-8-10(6-2)14-12(15-11)9-16(3)4/h8H,5-7,9H2,1-4H3,(H,13,14,15). The lowest BCUT2D eigenvalue weighted by Crippen LogP contribution is -2.15. The average molecular weight is 222 g/mol. The Hall–Kier alpha value is -1.16. The molecule has 0 spiro atoms. The molecule has 4 heteroatoms. The minimum atomic E-state index is 0.786. The largest absolute Gasteiger partial charge is 0.370 e. The second-order valence-corrected chi connectivity index (χ2v) is 4.18. The molecule has 90 valence electrons. The van der Waals surface area contributed by atoms with Gasteiger partial charge >= 0.3 is 0 Å². The van der Waals surface area contributed by atoms with Crippen molar-refractivity contribution in [2.75, 3.05) is 26.0 Å². The van der Waals surface area contributed by atoms with Gasteiger partial charge in [0.15, 0.2) is 0 Å². The molecule has 0 saturated heterocycles. The highest BCUT2D eigenvalue weighted by molar-refractivity contribution is 5.36. The molecule has 1 rings (SSSR count). The van der Waals surface area contributed by atoms with Crippen LogP contribution in [-0.4, -0.2) is 35.5 Å². The highest BCUT2D eigenvalue weighted by atomic mass is 15.1. The first kappa shape index (κ1) is 12.9. The fraction of sp³-hybridized carbons (Fsp3) is 0.667. The van der Waals surface area contributed by atoms with Crippen molar-refractivity contribution in [2.45, 2.75) is 33.2 Å². The monoisotopic (exact) mass is 222 g/mol. The van der Waals surface area contributed by atoms with Gasteiger partial charge in [0.2, 0.25) is 0 Å². The molecule has 0 unspecified atom stereocenters. The maximum Gasteiger partial charge on any atom is 0.144 e. The van der Waals surface area contributed by atoms with Crippen LogP contribution in [-0.2, 0) is 13.0 Å². The molecular weight excluding hydrogens is 200 g/mol. The fourth-order valence-electron chi connectivity index (χ4n) is 1.43. The van der Waals surface area contributed by atoms with Gasteiger partial charge in [0.25, 0.3) is 0 Å². The summed E-state index contributed by atoms with van der Waals surface area (Å²) in [6, 6.07) is 2.04. The Morgan fingerprint density at radius 2 is 2.00 bits per heavy atom. The van der Waals surface area contributed by atoms with Crippen LogP contribution >= 0.6 is 0 Å². The molecule has 0 amide bonds. The summed E-state index contributed by atoms with van der Waals surface area (Å²) in [4.78, 5) is 11.1. The first-order chi connectivity index (χ1) is 7.65. The summed E-state index contributed by atoms with van der Waals surface area (Å²) in [6.45, 7) is 6.01. The molecule has 1 heterocycles. The van der Waals surface area contributed by atoms with Crippen LogP contribution in [0.4, 0.5) is 5.82 Å². The average Bonchev–Trinajstić information content (AvgIpc) is 2.25. The van der Waals surface area contributed by atoms with Gasteiger partial charge in [0.05, 0.1) is 6.54 Å². The molecule has 0 fully saturated rings. The van der Waals surface area contributed by atoms with Gasteiger partial charge in [-0.15, -0.1) is 0 Å². The van der Waals surface area contributed by atoms with Crippen molar-refractivity contribution in [3.05, 3.63) is 17.6 Å². The van der Waals surface area contributed by atoms with Crippen molar-refractivity contribution in [1.29, 1.82) is 0 Å². The molecule has 0 saturated carbocycles. The van der Waals surface area contributed by atoms with E-state index in [0.29, 0.717) is 0 Å². The molecule has 16 heavy (non-hydrogen) atoms. The van der Waals surface area contributed by atoms with E-state index in [-0.39, 0.29) is 0 Å². The maximum absolute atomic E-state index is 4.51. The van der Waals surface area contributed by atoms with Crippen molar-refractivity contribution in [1.82, 2.24) is 14.9 Å². The van der Waals surface area contributed by atoms with Crippen molar-refractivity contribution in [2.24, 2.45) is 0 Å². The SMILES string of the molecule is CCCNc1cc(CC)nc(CN(C)C)n1. The number of anilines is 1. The molecule has 0 aliphatic heterocycles. The summed E-state index contributed by atoms with van der Waals surface area (Å²) >= 11 is 0. The van der Waals surface area contributed by atoms with Crippen molar-refractivity contribution >= 4 is 5.82 Å². The minimum Gasteiger partial charge on any atom is -0.370 e. The van der Waals surface area contributed by atoms with Gasteiger partial charge in [-0.1, -0.05) is 13.8 Å². The molecule has 1 aromatic heterocycles. The zero-order chi connectivity index (χ0) is 12.0. The Bertz CT molecular complexity index is 323. The lowest BCUT2D eigenvalue weighted by atomic mass is 10.3. The minimum absolute atomic E-state index is 0.786. The van der Waals surface area contributed by atoms with Gasteiger partial charge in [-0.05, 0) is 26.9 Å². The van der Waals surface area contributed by atoms with E-state index in [1.165, 1.54) is 0 Å². The smallest absolute Gasteiger partial charge is 0.144 e. The van der Waals surface area contributed by atoms with E-state index in [4.69, 9.17) is 0 Å². The number of hydrogen-bond donors (Lipinski definition) is 1. The van der Waals surface area contributed by atoms with Crippen LogP contribution in [0.15, 0.2) is 6.07 Å². The molecule has 1 N–H and O–H groups in total. The molecular formula is C12H22N4. The summed E-state index contributed by atoms with van der Waals surface area (Å²) in [5, 5.41) is 3.31. The van der Waals surface area contributed by atoms with Crippen LogP contribution < -0.4 is 5.32 Å². The Kier molecular flexibility index (Phi) is 5.19. The fourth-order valence-corrected chi connectivity index (χ4v) is 1.43. The summed E-state index contributed by atoms with van der Waals surface area (Å²) in [5.41, 5.74) is 1.10. The normalized spacial score (nSPS) is 10.8. The molecule has 0 atom stereocenters. The number of nitrogens with zero attached hydrogens (tertiary/aromatic N) is 3. The van der Waals surface area contributed by atoms with Crippen LogP contribution in [0.2, 0.25) is 0 Å². The first-order valence-corrected chi connectivity index (χ1v) is 5.91. The van der Waals surface area contributed by atoms with Gasteiger partial charge in [-0.3, -0.25) is 0 Å². The maximum atomic E-state index is 4.51. The van der Waals surface area contributed by atoms with E-state index in [9.17, 15) is 0 Å². The molecule has 1 aromatic rings. The van der Waals surface area contributed by atoms with Crippen molar-refractivity contribution in [3.63, 3.8) is 0 Å². The van der Waals surface area contributed by atoms with E-state index in [0.717, 1.165) is 43.3 Å². The van der Waals surface area contributed by atoms with Crippen LogP contribution in [0.5, 0.6) is 0 Å². The van der Waals surface area contributed by atoms with E-state index >= 15 is 0 Å². The Morgan fingerprint density at radius 1 is 1.25 bits per heavy atom.